The van der Waals surface area contributed by atoms with Crippen LogP contribution in [0.1, 0.15) is 18.1 Å². The predicted molar refractivity (Wildman–Crippen MR) is 108 cm³/mol. The van der Waals surface area contributed by atoms with E-state index in [1.807, 2.05) is 57.8 Å². The number of anilines is 1. The second-order valence-electron chi connectivity index (χ2n) is 6.85. The maximum absolute atomic E-state index is 13.0. The Labute approximate surface area is 198 Å². The number of hydrogen-bond acceptors (Lipinski definition) is 4. The molecule has 1 amide bonds. The standard InChI is InChI=1S/C18H16F3N2O3.C5H5.Fe/c1-17(25,11-26-10-12-4-2-3-5-12)16(24)23-14-7-6-13(9-22)15(8-14)18(19,20)21;1-2-4-5-3-1;/h2-8,25H,10-11H2,1H3,(H,23,24);1-5H;/q;;+2. The van der Waals surface area contributed by atoms with Gasteiger partial charge in [-0.3, -0.25) is 4.79 Å². The van der Waals surface area contributed by atoms with Crippen LogP contribution in [0.3, 0.4) is 0 Å². The Kier molecular flexibility index (Phi) is 11.7. The summed E-state index contributed by atoms with van der Waals surface area (Å²) in [5, 5.41) is 21.2. The van der Waals surface area contributed by atoms with E-state index in [-0.39, 0.29) is 36.0 Å². The van der Waals surface area contributed by atoms with Gasteiger partial charge in [-0.15, -0.1) is 0 Å². The maximum Gasteiger partial charge on any atom is 2.00 e. The largest absolute Gasteiger partial charge is 2.00 e. The molecule has 2 fully saturated rings. The number of nitrogens with zero attached hydrogens (tertiary/aromatic N) is 1. The molecule has 168 valence electrons. The first-order valence-corrected chi connectivity index (χ1v) is 9.23. The van der Waals surface area contributed by atoms with E-state index in [0.29, 0.717) is 6.07 Å². The number of aliphatic hydroxyl groups is 1. The molecule has 0 heterocycles. The topological polar surface area (TPSA) is 82.3 Å². The normalized spacial score (nSPS) is 18.0. The summed E-state index contributed by atoms with van der Waals surface area (Å²) in [6.07, 6.45) is 12.5. The fraction of sp³-hybridized carbons (Fsp3) is 0.217. The first-order chi connectivity index (χ1) is 14.6. The van der Waals surface area contributed by atoms with E-state index < -0.39 is 28.8 Å². The number of ether oxygens (including phenoxy) is 1. The van der Waals surface area contributed by atoms with Crippen LogP contribution in [0.15, 0.2) is 18.2 Å². The maximum atomic E-state index is 13.0. The van der Waals surface area contributed by atoms with Gasteiger partial charge in [0.25, 0.3) is 5.91 Å². The number of rotatable bonds is 6. The van der Waals surface area contributed by atoms with Crippen molar-refractivity contribution < 1.29 is 44.9 Å². The summed E-state index contributed by atoms with van der Waals surface area (Å²) in [6.45, 7) is 1.04. The van der Waals surface area contributed by atoms with E-state index in [2.05, 4.69) is 5.32 Å². The molecular formula is C23H21F3FeN2O3+2. The van der Waals surface area contributed by atoms with Gasteiger partial charge in [0.05, 0.1) is 30.4 Å². The average molecular weight is 486 g/mol. The second-order valence-corrected chi connectivity index (χ2v) is 6.85. The summed E-state index contributed by atoms with van der Waals surface area (Å²) in [5.74, 6) is -0.0547. The number of carbonyl (C=O) groups excluding carboxylic acids is 1. The molecule has 2 N–H and O–H groups in total. The third kappa shape index (κ3) is 9.11. The quantitative estimate of drug-likeness (QED) is 0.601. The SMILES string of the molecule is CC(O)(COC[C]1[CH][CH][CH][CH]1)C(=O)Nc1ccc(C#N)c(C(F)(F)F)c1.[CH]1[CH][CH][CH][CH]1.[Fe+2]. The minimum atomic E-state index is -4.74. The molecule has 10 radical (unpaired) electrons. The van der Waals surface area contributed by atoms with Crippen molar-refractivity contribution >= 4 is 11.6 Å². The zero-order valence-corrected chi connectivity index (χ0v) is 18.1. The Morgan fingerprint density at radius 2 is 1.66 bits per heavy atom. The zero-order chi connectivity index (χ0) is 22.9. The van der Waals surface area contributed by atoms with E-state index in [1.54, 1.807) is 0 Å². The van der Waals surface area contributed by atoms with Gasteiger partial charge in [-0.1, -0.05) is 0 Å². The Hall–Kier alpha value is -1.59. The van der Waals surface area contributed by atoms with Crippen LogP contribution in [0.5, 0.6) is 0 Å². The smallest absolute Gasteiger partial charge is 0.378 e. The minimum Gasteiger partial charge on any atom is -0.378 e. The number of benzene rings is 1. The number of hydrogen-bond donors (Lipinski definition) is 2. The molecule has 0 aliphatic heterocycles. The molecule has 2 aliphatic rings. The molecular weight excluding hydrogens is 465 g/mol. The number of alkyl halides is 3. The summed E-state index contributed by atoms with van der Waals surface area (Å²) >= 11 is 0. The zero-order valence-electron chi connectivity index (χ0n) is 17.0. The van der Waals surface area contributed by atoms with Gasteiger partial charge >= 0.3 is 23.2 Å². The number of halogens is 3. The first-order valence-electron chi connectivity index (χ1n) is 9.23. The fourth-order valence-electron chi connectivity index (χ4n) is 2.48. The van der Waals surface area contributed by atoms with Gasteiger partial charge in [-0.25, -0.2) is 0 Å². The summed E-state index contributed by atoms with van der Waals surface area (Å²) < 4.78 is 44.1. The van der Waals surface area contributed by atoms with Crippen molar-refractivity contribution in [3.05, 3.63) is 93.0 Å². The van der Waals surface area contributed by atoms with Gasteiger partial charge in [-0.05, 0) is 82.9 Å². The number of carbonyl (C=O) groups is 1. The Bertz CT molecular complexity index is 761. The van der Waals surface area contributed by atoms with Gasteiger partial charge in [0, 0.05) is 11.6 Å². The molecule has 5 nitrogen and oxygen atoms in total. The summed E-state index contributed by atoms with van der Waals surface area (Å²) in [4.78, 5) is 12.2. The van der Waals surface area contributed by atoms with Crippen molar-refractivity contribution in [2.75, 3.05) is 18.5 Å². The van der Waals surface area contributed by atoms with Crippen molar-refractivity contribution in [3.63, 3.8) is 0 Å². The van der Waals surface area contributed by atoms with Crippen LogP contribution in [-0.4, -0.2) is 29.8 Å². The van der Waals surface area contributed by atoms with Crippen LogP contribution >= 0.6 is 0 Å². The monoisotopic (exact) mass is 486 g/mol. The summed E-state index contributed by atoms with van der Waals surface area (Å²) in [7, 11) is 0. The van der Waals surface area contributed by atoms with Gasteiger partial charge in [-0.2, -0.15) is 18.4 Å². The van der Waals surface area contributed by atoms with E-state index in [0.717, 1.165) is 18.1 Å². The molecule has 1 unspecified atom stereocenters. The number of nitrogens with one attached hydrogen (secondary N) is 1. The molecule has 1 atom stereocenters. The number of nitriles is 1. The van der Waals surface area contributed by atoms with Crippen LogP contribution < -0.4 is 5.32 Å². The van der Waals surface area contributed by atoms with Gasteiger partial charge in [0.2, 0.25) is 0 Å². The molecule has 9 heteroatoms. The molecule has 0 bridgehead atoms. The van der Waals surface area contributed by atoms with E-state index in [4.69, 9.17) is 10.00 Å². The molecule has 0 aromatic heterocycles. The van der Waals surface area contributed by atoms with E-state index in [1.165, 1.54) is 13.0 Å². The van der Waals surface area contributed by atoms with Crippen molar-refractivity contribution in [2.45, 2.75) is 18.7 Å². The van der Waals surface area contributed by atoms with E-state index >= 15 is 0 Å². The molecule has 2 aliphatic carbocycles. The second kappa shape index (κ2) is 13.2. The van der Waals surface area contributed by atoms with Crippen molar-refractivity contribution in [3.8, 4) is 6.07 Å². The third-order valence-electron chi connectivity index (χ3n) is 4.13. The Morgan fingerprint density at radius 3 is 2.16 bits per heavy atom. The fourth-order valence-corrected chi connectivity index (χ4v) is 2.48. The molecule has 0 saturated heterocycles. The van der Waals surface area contributed by atoms with Crippen LogP contribution in [-0.2, 0) is 32.8 Å². The molecule has 2 saturated carbocycles. The van der Waals surface area contributed by atoms with Crippen LogP contribution in [0.4, 0.5) is 18.9 Å². The average Bonchev–Trinajstić information content (AvgIpc) is 3.44. The van der Waals surface area contributed by atoms with Crippen molar-refractivity contribution in [1.29, 1.82) is 5.26 Å². The van der Waals surface area contributed by atoms with Crippen LogP contribution in [0.25, 0.3) is 0 Å². The van der Waals surface area contributed by atoms with Crippen molar-refractivity contribution in [1.82, 2.24) is 0 Å². The minimum absolute atomic E-state index is 0. The van der Waals surface area contributed by atoms with Crippen LogP contribution in [0.2, 0.25) is 0 Å². The van der Waals surface area contributed by atoms with Gasteiger partial charge in [0.15, 0.2) is 5.60 Å². The third-order valence-corrected chi connectivity index (χ3v) is 4.13. The van der Waals surface area contributed by atoms with Crippen molar-refractivity contribution in [2.24, 2.45) is 0 Å². The summed E-state index contributed by atoms with van der Waals surface area (Å²) in [5.41, 5.74) is -3.85. The molecule has 3 rings (SSSR count). The van der Waals surface area contributed by atoms with E-state index in [9.17, 15) is 23.1 Å². The molecule has 0 spiro atoms. The van der Waals surface area contributed by atoms with Gasteiger partial charge in [0.1, 0.15) is 0 Å². The predicted octanol–water partition coefficient (Wildman–Crippen LogP) is 3.71. The Morgan fingerprint density at radius 1 is 1.09 bits per heavy atom. The first kappa shape index (κ1) is 28.4. The van der Waals surface area contributed by atoms with Crippen LogP contribution in [0, 0.1) is 75.0 Å². The Balaban J connectivity index is 0.000000750. The molecule has 32 heavy (non-hydrogen) atoms. The summed E-state index contributed by atoms with van der Waals surface area (Å²) in [6, 6.07) is 4.22. The molecule has 1 aromatic rings. The molecule has 1 aromatic carbocycles. The number of amides is 1. The van der Waals surface area contributed by atoms with Gasteiger partial charge < -0.3 is 15.2 Å².